The second-order valence-corrected chi connectivity index (χ2v) is 7.15. The van der Waals surface area contributed by atoms with Crippen molar-refractivity contribution in [1.82, 2.24) is 24.7 Å². The Hall–Kier alpha value is -3.20. The Morgan fingerprint density at radius 2 is 2.11 bits per heavy atom. The molecular formula is C18H16N6O2S. The maximum absolute atomic E-state index is 5.45. The van der Waals surface area contributed by atoms with E-state index in [2.05, 4.69) is 38.4 Å². The lowest BCUT2D eigenvalue weighted by atomic mass is 10.2. The number of hydrogen-bond donors (Lipinski definition) is 1. The molecule has 3 aromatic heterocycles. The molecule has 1 N–H and O–H groups in total. The first-order valence-corrected chi connectivity index (χ1v) is 9.39. The minimum absolute atomic E-state index is 0.273. The normalized spacial score (nSPS) is 12.6. The summed E-state index contributed by atoms with van der Waals surface area (Å²) in [6, 6.07) is 8.07. The Morgan fingerprint density at radius 1 is 1.19 bits per heavy atom. The van der Waals surface area contributed by atoms with E-state index < -0.39 is 0 Å². The number of nitrogens with zero attached hydrogens (tertiary/aromatic N) is 5. The molecule has 8 nitrogen and oxygen atoms in total. The van der Waals surface area contributed by atoms with Crippen molar-refractivity contribution < 1.29 is 9.47 Å². The lowest BCUT2D eigenvalue weighted by Gasteiger charge is -2.09. The number of hydrogen-bond acceptors (Lipinski definition) is 8. The number of aromatic nitrogens is 5. The largest absolute Gasteiger partial charge is 0.454 e. The summed E-state index contributed by atoms with van der Waals surface area (Å²) < 4.78 is 12.4. The van der Waals surface area contributed by atoms with E-state index >= 15 is 0 Å². The monoisotopic (exact) mass is 380 g/mol. The molecule has 136 valence electrons. The molecule has 4 aromatic rings. The van der Waals surface area contributed by atoms with Crippen LogP contribution in [0.15, 0.2) is 36.9 Å². The van der Waals surface area contributed by atoms with E-state index in [0.29, 0.717) is 12.5 Å². The SMILES string of the molecule is CCc1cc2c(NCc3ccc4c(c3)OCO4)nc(-n3cncn3)nc2s1. The summed E-state index contributed by atoms with van der Waals surface area (Å²) in [7, 11) is 0. The van der Waals surface area contributed by atoms with Crippen LogP contribution in [0.4, 0.5) is 5.82 Å². The predicted octanol–water partition coefficient (Wildman–Crippen LogP) is 3.18. The van der Waals surface area contributed by atoms with Gasteiger partial charge in [0, 0.05) is 11.4 Å². The fraction of sp³-hybridized carbons (Fsp3) is 0.222. The minimum Gasteiger partial charge on any atom is -0.454 e. The molecular weight excluding hydrogens is 364 g/mol. The molecule has 0 amide bonds. The molecule has 0 atom stereocenters. The zero-order valence-corrected chi connectivity index (χ0v) is 15.4. The van der Waals surface area contributed by atoms with Gasteiger partial charge in [0.15, 0.2) is 11.5 Å². The van der Waals surface area contributed by atoms with Crippen LogP contribution < -0.4 is 14.8 Å². The van der Waals surface area contributed by atoms with Crippen LogP contribution >= 0.6 is 11.3 Å². The number of thiophene rings is 1. The summed E-state index contributed by atoms with van der Waals surface area (Å²) in [6.07, 6.45) is 4.03. The van der Waals surface area contributed by atoms with Gasteiger partial charge in [-0.25, -0.2) is 4.98 Å². The number of benzene rings is 1. The van der Waals surface area contributed by atoms with Crippen molar-refractivity contribution in [3.63, 3.8) is 0 Å². The summed E-state index contributed by atoms with van der Waals surface area (Å²) in [5.74, 6) is 2.83. The maximum atomic E-state index is 5.45. The first-order valence-electron chi connectivity index (χ1n) is 8.58. The zero-order chi connectivity index (χ0) is 18.2. The van der Waals surface area contributed by atoms with Gasteiger partial charge in [-0.1, -0.05) is 13.0 Å². The van der Waals surface area contributed by atoms with Gasteiger partial charge in [-0.2, -0.15) is 19.7 Å². The minimum atomic E-state index is 0.273. The Morgan fingerprint density at radius 3 is 2.96 bits per heavy atom. The van der Waals surface area contributed by atoms with Crippen LogP contribution in [-0.2, 0) is 13.0 Å². The van der Waals surface area contributed by atoms with E-state index in [4.69, 9.17) is 9.47 Å². The topological polar surface area (TPSA) is 87.0 Å². The molecule has 9 heteroatoms. The van der Waals surface area contributed by atoms with E-state index in [1.807, 2.05) is 18.2 Å². The van der Waals surface area contributed by atoms with E-state index in [0.717, 1.165) is 39.5 Å². The Balaban J connectivity index is 1.50. The van der Waals surface area contributed by atoms with Crippen LogP contribution in [0.2, 0.25) is 0 Å². The molecule has 0 saturated carbocycles. The highest BCUT2D eigenvalue weighted by atomic mass is 32.1. The first-order chi connectivity index (χ1) is 13.3. The molecule has 4 heterocycles. The van der Waals surface area contributed by atoms with Gasteiger partial charge in [0.2, 0.25) is 6.79 Å². The quantitative estimate of drug-likeness (QED) is 0.569. The third kappa shape index (κ3) is 2.95. The van der Waals surface area contributed by atoms with Crippen LogP contribution in [0.1, 0.15) is 17.4 Å². The summed E-state index contributed by atoms with van der Waals surface area (Å²) in [5.41, 5.74) is 1.08. The van der Waals surface area contributed by atoms with Crippen LogP contribution in [0.3, 0.4) is 0 Å². The lowest BCUT2D eigenvalue weighted by Crippen LogP contribution is -2.07. The van der Waals surface area contributed by atoms with Crippen LogP contribution in [-0.4, -0.2) is 31.5 Å². The molecule has 0 saturated heterocycles. The Kier molecular flexibility index (Phi) is 3.86. The fourth-order valence-electron chi connectivity index (χ4n) is 2.92. The van der Waals surface area contributed by atoms with Crippen LogP contribution in [0, 0.1) is 0 Å². The summed E-state index contributed by atoms with van der Waals surface area (Å²) >= 11 is 1.67. The second kappa shape index (κ2) is 6.51. The molecule has 0 bridgehead atoms. The van der Waals surface area contributed by atoms with Crippen molar-refractivity contribution in [2.45, 2.75) is 19.9 Å². The lowest BCUT2D eigenvalue weighted by molar-refractivity contribution is 0.174. The van der Waals surface area contributed by atoms with Crippen molar-refractivity contribution in [1.29, 1.82) is 0 Å². The maximum Gasteiger partial charge on any atom is 0.255 e. The van der Waals surface area contributed by atoms with Crippen molar-refractivity contribution in [3.05, 3.63) is 47.4 Å². The predicted molar refractivity (Wildman–Crippen MR) is 102 cm³/mol. The molecule has 1 aliphatic heterocycles. The average molecular weight is 380 g/mol. The number of anilines is 1. The van der Waals surface area contributed by atoms with E-state index in [-0.39, 0.29) is 6.79 Å². The molecule has 5 rings (SSSR count). The molecule has 0 spiro atoms. The van der Waals surface area contributed by atoms with Gasteiger partial charge in [-0.05, 0) is 30.2 Å². The molecule has 0 unspecified atom stereocenters. The molecule has 0 aliphatic carbocycles. The second-order valence-electron chi connectivity index (χ2n) is 6.04. The number of rotatable bonds is 5. The highest BCUT2D eigenvalue weighted by molar-refractivity contribution is 7.18. The highest BCUT2D eigenvalue weighted by Gasteiger charge is 2.15. The van der Waals surface area contributed by atoms with Crippen molar-refractivity contribution in [2.75, 3.05) is 12.1 Å². The van der Waals surface area contributed by atoms with Gasteiger partial charge < -0.3 is 14.8 Å². The third-order valence-electron chi connectivity index (χ3n) is 4.30. The molecule has 0 fully saturated rings. The summed E-state index contributed by atoms with van der Waals surface area (Å²) in [6.45, 7) is 3.02. The van der Waals surface area contributed by atoms with Gasteiger partial charge in [0.1, 0.15) is 23.3 Å². The number of aryl methyl sites for hydroxylation is 1. The van der Waals surface area contributed by atoms with E-state index in [1.54, 1.807) is 22.3 Å². The third-order valence-corrected chi connectivity index (χ3v) is 5.47. The van der Waals surface area contributed by atoms with E-state index in [9.17, 15) is 0 Å². The highest BCUT2D eigenvalue weighted by Crippen LogP contribution is 2.33. The molecule has 1 aliphatic rings. The Bertz CT molecular complexity index is 1110. The van der Waals surface area contributed by atoms with Crippen molar-refractivity contribution >= 4 is 27.4 Å². The zero-order valence-electron chi connectivity index (χ0n) is 14.5. The van der Waals surface area contributed by atoms with Crippen molar-refractivity contribution in [3.8, 4) is 17.4 Å². The number of ether oxygens (including phenoxy) is 2. The number of nitrogens with one attached hydrogen (secondary N) is 1. The summed E-state index contributed by atoms with van der Waals surface area (Å²) in [5, 5.41) is 8.59. The average Bonchev–Trinajstić information content (AvgIpc) is 3.45. The smallest absolute Gasteiger partial charge is 0.255 e. The first kappa shape index (κ1) is 16.0. The summed E-state index contributed by atoms with van der Waals surface area (Å²) in [4.78, 5) is 15.5. The Labute approximate surface area is 158 Å². The van der Waals surface area contributed by atoms with Gasteiger partial charge in [0.05, 0.1) is 5.39 Å². The van der Waals surface area contributed by atoms with Gasteiger partial charge in [-0.15, -0.1) is 11.3 Å². The molecule has 0 radical (unpaired) electrons. The molecule has 1 aromatic carbocycles. The number of fused-ring (bicyclic) bond motifs is 2. The van der Waals surface area contributed by atoms with Crippen LogP contribution in [0.5, 0.6) is 11.5 Å². The van der Waals surface area contributed by atoms with E-state index in [1.165, 1.54) is 11.2 Å². The standard InChI is InChI=1S/C18H16N6O2S/c1-2-12-6-13-16(20-7-11-3-4-14-15(5-11)26-10-25-14)22-18(23-17(13)27-12)24-9-19-8-21-24/h3-6,8-9H,2,7,10H2,1H3,(H,20,22,23). The van der Waals surface area contributed by atoms with Crippen molar-refractivity contribution in [2.24, 2.45) is 0 Å². The van der Waals surface area contributed by atoms with Gasteiger partial charge in [0.25, 0.3) is 5.95 Å². The van der Waals surface area contributed by atoms with Crippen LogP contribution in [0.25, 0.3) is 16.2 Å². The van der Waals surface area contributed by atoms with Gasteiger partial charge in [-0.3, -0.25) is 0 Å². The van der Waals surface area contributed by atoms with Gasteiger partial charge >= 0.3 is 0 Å². The molecule has 27 heavy (non-hydrogen) atoms. The fourth-order valence-corrected chi connectivity index (χ4v) is 3.88.